The summed E-state index contributed by atoms with van der Waals surface area (Å²) in [5, 5.41) is 3.33. The molecule has 1 amide bonds. The molecule has 198 valence electrons. The van der Waals surface area contributed by atoms with Crippen LogP contribution in [0.1, 0.15) is 63.0 Å². The standard InChI is InChI=1S/C27H42ClFN2O4/c1-30-18-21(16-20-8-4-3-5-9-20)17-25(32)31-12-15-34-24(19-31)27(35-14-7-13-33-2)22-10-6-11-23(28)26(22)29/h6,10-11,20-21,24,27,30H,3-5,7-9,12-19H2,1-2H3/t21-,24-,27+/m1/s1. The van der Waals surface area contributed by atoms with Gasteiger partial charge in [-0.2, -0.15) is 0 Å². The van der Waals surface area contributed by atoms with E-state index in [4.69, 9.17) is 25.8 Å². The number of nitrogens with one attached hydrogen (secondary N) is 1. The second-order valence-corrected chi connectivity index (χ2v) is 10.3. The first-order valence-electron chi connectivity index (χ1n) is 13.1. The van der Waals surface area contributed by atoms with Crippen molar-refractivity contribution in [1.82, 2.24) is 10.2 Å². The molecule has 0 radical (unpaired) electrons. The monoisotopic (exact) mass is 512 g/mol. The maximum atomic E-state index is 14.9. The van der Waals surface area contributed by atoms with Crippen molar-refractivity contribution in [3.63, 3.8) is 0 Å². The van der Waals surface area contributed by atoms with Gasteiger partial charge in [0.15, 0.2) is 0 Å². The zero-order valence-electron chi connectivity index (χ0n) is 21.3. The van der Waals surface area contributed by atoms with Crippen LogP contribution in [0.2, 0.25) is 5.02 Å². The number of hydrogen-bond donors (Lipinski definition) is 1. The maximum absolute atomic E-state index is 14.9. The van der Waals surface area contributed by atoms with Gasteiger partial charge >= 0.3 is 0 Å². The number of amides is 1. The third-order valence-electron chi connectivity index (χ3n) is 7.21. The summed E-state index contributed by atoms with van der Waals surface area (Å²) in [6.45, 7) is 3.10. The highest BCUT2D eigenvalue weighted by atomic mass is 35.5. The molecule has 35 heavy (non-hydrogen) atoms. The van der Waals surface area contributed by atoms with Gasteiger partial charge in [0.2, 0.25) is 5.91 Å². The molecule has 1 aromatic rings. The zero-order valence-corrected chi connectivity index (χ0v) is 22.0. The molecule has 1 N–H and O–H groups in total. The lowest BCUT2D eigenvalue weighted by Crippen LogP contribution is -2.49. The Hall–Kier alpha value is -1.25. The zero-order chi connectivity index (χ0) is 25.0. The molecular weight excluding hydrogens is 471 g/mol. The van der Waals surface area contributed by atoms with Crippen LogP contribution >= 0.6 is 11.6 Å². The second kappa shape index (κ2) is 15.1. The summed E-state index contributed by atoms with van der Waals surface area (Å²) >= 11 is 6.06. The minimum absolute atomic E-state index is 0.0503. The van der Waals surface area contributed by atoms with E-state index in [0.29, 0.717) is 57.2 Å². The Labute approximate surface area is 214 Å². The summed E-state index contributed by atoms with van der Waals surface area (Å²) in [6.07, 6.45) is 7.68. The molecule has 0 unspecified atom stereocenters. The van der Waals surface area contributed by atoms with Gasteiger partial charge in [0.1, 0.15) is 18.0 Å². The van der Waals surface area contributed by atoms with Crippen molar-refractivity contribution in [3.8, 4) is 0 Å². The smallest absolute Gasteiger partial charge is 0.223 e. The molecule has 1 saturated carbocycles. The Balaban J connectivity index is 1.66. The number of hydrogen-bond acceptors (Lipinski definition) is 5. The Morgan fingerprint density at radius 1 is 1.29 bits per heavy atom. The van der Waals surface area contributed by atoms with E-state index < -0.39 is 18.0 Å². The van der Waals surface area contributed by atoms with Crippen LogP contribution in [0.25, 0.3) is 0 Å². The third kappa shape index (κ3) is 8.67. The number of nitrogens with zero attached hydrogens (tertiary/aromatic N) is 1. The van der Waals surface area contributed by atoms with Gasteiger partial charge < -0.3 is 24.4 Å². The van der Waals surface area contributed by atoms with Crippen LogP contribution in [-0.4, -0.2) is 70.5 Å². The number of carbonyl (C=O) groups is 1. The normalized spacial score (nSPS) is 21.1. The summed E-state index contributed by atoms with van der Waals surface area (Å²) in [4.78, 5) is 15.2. The number of carbonyl (C=O) groups excluding carboxylic acids is 1. The Morgan fingerprint density at radius 2 is 2.09 bits per heavy atom. The lowest BCUT2D eigenvalue weighted by Gasteiger charge is -2.38. The molecule has 2 aliphatic rings. The molecule has 3 rings (SSSR count). The Kier molecular flexibility index (Phi) is 12.2. The molecule has 0 bridgehead atoms. The van der Waals surface area contributed by atoms with Gasteiger partial charge in [0, 0.05) is 45.4 Å². The average molecular weight is 513 g/mol. The van der Waals surface area contributed by atoms with Crippen molar-refractivity contribution in [2.75, 3.05) is 53.6 Å². The highest BCUT2D eigenvalue weighted by Gasteiger charge is 2.34. The van der Waals surface area contributed by atoms with E-state index in [-0.39, 0.29) is 10.9 Å². The van der Waals surface area contributed by atoms with Gasteiger partial charge in [0.25, 0.3) is 0 Å². The van der Waals surface area contributed by atoms with Crippen molar-refractivity contribution in [2.45, 2.75) is 63.6 Å². The van der Waals surface area contributed by atoms with Gasteiger partial charge in [0.05, 0.1) is 11.6 Å². The van der Waals surface area contributed by atoms with E-state index >= 15 is 0 Å². The summed E-state index contributed by atoms with van der Waals surface area (Å²) in [6, 6.07) is 4.92. The van der Waals surface area contributed by atoms with Crippen molar-refractivity contribution in [1.29, 1.82) is 0 Å². The quantitative estimate of drug-likeness (QED) is 0.377. The third-order valence-corrected chi connectivity index (χ3v) is 7.50. The van der Waals surface area contributed by atoms with Gasteiger partial charge in [-0.15, -0.1) is 0 Å². The molecule has 0 aromatic heterocycles. The predicted octanol–water partition coefficient (Wildman–Crippen LogP) is 5.00. The summed E-state index contributed by atoms with van der Waals surface area (Å²) in [7, 11) is 3.59. The van der Waals surface area contributed by atoms with Crippen LogP contribution in [0.4, 0.5) is 4.39 Å². The highest BCUT2D eigenvalue weighted by Crippen LogP contribution is 2.33. The van der Waals surface area contributed by atoms with Gasteiger partial charge in [-0.3, -0.25) is 4.79 Å². The van der Waals surface area contributed by atoms with E-state index in [1.54, 1.807) is 19.2 Å². The number of methoxy groups -OCH3 is 1. The van der Waals surface area contributed by atoms with Crippen molar-refractivity contribution >= 4 is 17.5 Å². The van der Waals surface area contributed by atoms with E-state index in [1.807, 2.05) is 11.9 Å². The largest absolute Gasteiger partial charge is 0.385 e. The molecule has 1 heterocycles. The van der Waals surface area contributed by atoms with Gasteiger partial charge in [-0.1, -0.05) is 55.8 Å². The molecule has 1 aromatic carbocycles. The van der Waals surface area contributed by atoms with Crippen molar-refractivity contribution in [3.05, 3.63) is 34.6 Å². The predicted molar refractivity (Wildman–Crippen MR) is 136 cm³/mol. The number of ether oxygens (including phenoxy) is 3. The fourth-order valence-corrected chi connectivity index (χ4v) is 5.62. The van der Waals surface area contributed by atoms with Crippen molar-refractivity contribution in [2.24, 2.45) is 11.8 Å². The van der Waals surface area contributed by atoms with Crippen molar-refractivity contribution < 1.29 is 23.4 Å². The fraction of sp³-hybridized carbons (Fsp3) is 0.741. The first-order valence-corrected chi connectivity index (χ1v) is 13.5. The average Bonchev–Trinajstić information content (AvgIpc) is 2.87. The van der Waals surface area contributed by atoms with Crippen LogP contribution in [0.3, 0.4) is 0 Å². The molecule has 6 nitrogen and oxygen atoms in total. The van der Waals surface area contributed by atoms with Crippen LogP contribution in [0.5, 0.6) is 0 Å². The second-order valence-electron chi connectivity index (χ2n) is 9.90. The molecule has 1 aliphatic heterocycles. The molecular formula is C27H42ClFN2O4. The fourth-order valence-electron chi connectivity index (χ4n) is 5.43. The molecule has 8 heteroatoms. The van der Waals surface area contributed by atoms with Crippen LogP contribution in [0.15, 0.2) is 18.2 Å². The number of morpholine rings is 1. The first kappa shape index (κ1) is 28.3. The number of benzene rings is 1. The lowest BCUT2D eigenvalue weighted by molar-refractivity contribution is -0.150. The minimum atomic E-state index is -0.656. The summed E-state index contributed by atoms with van der Waals surface area (Å²) in [5.41, 5.74) is 0.361. The SMILES string of the molecule is CNC[C@@H](CC(=O)N1CCO[C@@H]([C@@H](OCCCOC)c2cccc(Cl)c2F)C1)CC1CCCCC1. The Morgan fingerprint density at radius 3 is 2.83 bits per heavy atom. The van der Waals surface area contributed by atoms with E-state index in [1.165, 1.54) is 38.2 Å². The van der Waals surface area contributed by atoms with E-state index in [2.05, 4.69) is 5.32 Å². The number of halogens is 2. The van der Waals surface area contributed by atoms with E-state index in [9.17, 15) is 9.18 Å². The maximum Gasteiger partial charge on any atom is 0.223 e. The minimum Gasteiger partial charge on any atom is -0.385 e. The highest BCUT2D eigenvalue weighted by molar-refractivity contribution is 6.30. The molecule has 0 spiro atoms. The molecule has 3 atom stereocenters. The van der Waals surface area contributed by atoms with Crippen LogP contribution in [0, 0.1) is 17.7 Å². The summed E-state index contributed by atoms with van der Waals surface area (Å²) < 4.78 is 32.2. The van der Waals surface area contributed by atoms with Gasteiger partial charge in [-0.25, -0.2) is 4.39 Å². The Bertz CT molecular complexity index is 778. The van der Waals surface area contributed by atoms with Gasteiger partial charge in [-0.05, 0) is 44.3 Å². The van der Waals surface area contributed by atoms with E-state index in [0.717, 1.165) is 18.9 Å². The lowest BCUT2D eigenvalue weighted by atomic mass is 9.81. The molecule has 1 aliphatic carbocycles. The molecule has 1 saturated heterocycles. The summed E-state index contributed by atoms with van der Waals surface area (Å²) in [5.74, 6) is 0.685. The topological polar surface area (TPSA) is 60.0 Å². The first-order chi connectivity index (χ1) is 17.0. The number of rotatable bonds is 13. The molecule has 2 fully saturated rings. The van der Waals surface area contributed by atoms with Crippen LogP contribution < -0.4 is 5.32 Å². The van der Waals surface area contributed by atoms with Crippen LogP contribution in [-0.2, 0) is 19.0 Å².